The van der Waals surface area contributed by atoms with Crippen molar-refractivity contribution in [2.24, 2.45) is 0 Å². The molecule has 0 saturated carbocycles. The number of rotatable bonds is 4. The third-order valence-electron chi connectivity index (χ3n) is 3.39. The van der Waals surface area contributed by atoms with Crippen LogP contribution >= 0.6 is 0 Å². The molecule has 0 aliphatic rings. The highest BCUT2D eigenvalue weighted by Crippen LogP contribution is 2.22. The maximum Gasteiger partial charge on any atom is 0.255 e. The molecule has 24 heavy (non-hydrogen) atoms. The number of benzene rings is 3. The van der Waals surface area contributed by atoms with Gasteiger partial charge in [-0.1, -0.05) is 30.3 Å². The van der Waals surface area contributed by atoms with Crippen LogP contribution in [0.1, 0.15) is 15.9 Å². The second-order valence-corrected chi connectivity index (χ2v) is 5.05. The number of nitrogens with zero attached hydrogens (tertiary/aromatic N) is 1. The quantitative estimate of drug-likeness (QED) is 0.765. The molecule has 1 N–H and O–H groups in total. The van der Waals surface area contributed by atoms with Gasteiger partial charge in [-0.05, 0) is 48.5 Å². The topological polar surface area (TPSA) is 62.1 Å². The molecule has 0 unspecified atom stereocenters. The fourth-order valence-electron chi connectivity index (χ4n) is 2.18. The lowest BCUT2D eigenvalue weighted by Gasteiger charge is -2.08. The molecule has 0 bridgehead atoms. The van der Waals surface area contributed by atoms with Gasteiger partial charge in [-0.15, -0.1) is 0 Å². The van der Waals surface area contributed by atoms with Gasteiger partial charge >= 0.3 is 0 Å². The van der Waals surface area contributed by atoms with Crippen molar-refractivity contribution in [1.82, 2.24) is 0 Å². The van der Waals surface area contributed by atoms with Gasteiger partial charge in [0.05, 0.1) is 11.3 Å². The van der Waals surface area contributed by atoms with Crippen molar-refractivity contribution in [2.45, 2.75) is 0 Å². The average Bonchev–Trinajstić information content (AvgIpc) is 2.63. The Balaban J connectivity index is 1.71. The highest BCUT2D eigenvalue weighted by Gasteiger charge is 2.09. The number of para-hydroxylation sites is 2. The Kier molecular flexibility index (Phi) is 4.55. The van der Waals surface area contributed by atoms with Crippen LogP contribution in [0, 0.1) is 11.3 Å². The van der Waals surface area contributed by atoms with Gasteiger partial charge in [0.2, 0.25) is 0 Å². The normalized spacial score (nSPS) is 9.79. The monoisotopic (exact) mass is 314 g/mol. The van der Waals surface area contributed by atoms with E-state index in [1.165, 1.54) is 0 Å². The second-order valence-electron chi connectivity index (χ2n) is 5.05. The minimum absolute atomic E-state index is 0.274. The number of nitriles is 1. The van der Waals surface area contributed by atoms with Crippen LogP contribution < -0.4 is 10.1 Å². The molecule has 0 atom stereocenters. The summed E-state index contributed by atoms with van der Waals surface area (Å²) in [7, 11) is 0. The summed E-state index contributed by atoms with van der Waals surface area (Å²) in [5.74, 6) is 1.11. The van der Waals surface area contributed by atoms with Gasteiger partial charge in [0.1, 0.15) is 17.6 Å². The lowest BCUT2D eigenvalue weighted by atomic mass is 10.1. The Labute approximate surface area is 139 Å². The summed E-state index contributed by atoms with van der Waals surface area (Å²) >= 11 is 0. The lowest BCUT2D eigenvalue weighted by molar-refractivity contribution is 0.102. The van der Waals surface area contributed by atoms with E-state index in [-0.39, 0.29) is 5.91 Å². The Bertz CT molecular complexity index is 882. The maximum atomic E-state index is 12.3. The van der Waals surface area contributed by atoms with E-state index in [0.29, 0.717) is 22.6 Å². The molecule has 3 aromatic carbocycles. The van der Waals surface area contributed by atoms with Crippen LogP contribution in [0.3, 0.4) is 0 Å². The molecule has 0 aliphatic carbocycles. The third-order valence-corrected chi connectivity index (χ3v) is 3.39. The third kappa shape index (κ3) is 3.60. The van der Waals surface area contributed by atoms with E-state index < -0.39 is 0 Å². The molecule has 0 fully saturated rings. The molecular weight excluding hydrogens is 300 g/mol. The van der Waals surface area contributed by atoms with Crippen molar-refractivity contribution in [1.29, 1.82) is 5.26 Å². The Morgan fingerprint density at radius 3 is 2.17 bits per heavy atom. The van der Waals surface area contributed by atoms with Crippen molar-refractivity contribution in [3.8, 4) is 17.6 Å². The molecule has 0 saturated heterocycles. The Morgan fingerprint density at radius 2 is 1.46 bits per heavy atom. The van der Waals surface area contributed by atoms with Gasteiger partial charge in [-0.2, -0.15) is 5.26 Å². The average molecular weight is 314 g/mol. The summed E-state index contributed by atoms with van der Waals surface area (Å²) in [5.41, 5.74) is 1.41. The van der Waals surface area contributed by atoms with Crippen molar-refractivity contribution in [3.05, 3.63) is 90.0 Å². The van der Waals surface area contributed by atoms with Crippen LogP contribution in [0.4, 0.5) is 5.69 Å². The molecule has 3 aromatic rings. The highest BCUT2D eigenvalue weighted by atomic mass is 16.5. The molecule has 4 nitrogen and oxygen atoms in total. The molecule has 0 aliphatic heterocycles. The van der Waals surface area contributed by atoms with Crippen LogP contribution in [0.5, 0.6) is 11.5 Å². The van der Waals surface area contributed by atoms with E-state index >= 15 is 0 Å². The van der Waals surface area contributed by atoms with Crippen molar-refractivity contribution >= 4 is 11.6 Å². The molecular formula is C20H14N2O2. The first kappa shape index (κ1) is 15.3. The van der Waals surface area contributed by atoms with Gasteiger partial charge < -0.3 is 10.1 Å². The summed E-state index contributed by atoms with van der Waals surface area (Å²) < 4.78 is 5.69. The van der Waals surface area contributed by atoms with Crippen LogP contribution in [0.15, 0.2) is 78.9 Å². The summed E-state index contributed by atoms with van der Waals surface area (Å²) in [5, 5.41) is 11.8. The van der Waals surface area contributed by atoms with Crippen LogP contribution in [0.2, 0.25) is 0 Å². The summed E-state index contributed by atoms with van der Waals surface area (Å²) in [6.45, 7) is 0. The van der Waals surface area contributed by atoms with Crippen LogP contribution in [-0.4, -0.2) is 5.91 Å². The van der Waals surface area contributed by atoms with Crippen LogP contribution in [-0.2, 0) is 0 Å². The predicted octanol–water partition coefficient (Wildman–Crippen LogP) is 4.60. The molecule has 0 heterocycles. The number of hydrogen-bond acceptors (Lipinski definition) is 3. The Morgan fingerprint density at radius 1 is 0.833 bits per heavy atom. The molecule has 3 rings (SSSR count). The minimum atomic E-state index is -0.274. The van der Waals surface area contributed by atoms with Gasteiger partial charge in [-0.3, -0.25) is 4.79 Å². The molecule has 116 valence electrons. The predicted molar refractivity (Wildman–Crippen MR) is 92.1 cm³/mol. The SMILES string of the molecule is N#Cc1ccccc1NC(=O)c1ccc(Oc2ccccc2)cc1. The smallest absolute Gasteiger partial charge is 0.255 e. The van der Waals surface area contributed by atoms with E-state index in [1.807, 2.05) is 30.3 Å². The minimum Gasteiger partial charge on any atom is -0.457 e. The molecule has 1 amide bonds. The van der Waals surface area contributed by atoms with Crippen molar-refractivity contribution in [2.75, 3.05) is 5.32 Å². The molecule has 0 aromatic heterocycles. The fourth-order valence-corrected chi connectivity index (χ4v) is 2.18. The fraction of sp³-hybridized carbons (Fsp3) is 0. The zero-order valence-corrected chi connectivity index (χ0v) is 12.8. The van der Waals surface area contributed by atoms with Crippen molar-refractivity contribution in [3.63, 3.8) is 0 Å². The number of carbonyl (C=O) groups excluding carboxylic acids is 1. The van der Waals surface area contributed by atoms with Gasteiger partial charge in [0, 0.05) is 5.56 Å². The first-order valence-corrected chi connectivity index (χ1v) is 7.40. The van der Waals surface area contributed by atoms with E-state index in [4.69, 9.17) is 10.00 Å². The van der Waals surface area contributed by atoms with E-state index in [9.17, 15) is 4.79 Å². The first-order valence-electron chi connectivity index (χ1n) is 7.40. The zero-order valence-electron chi connectivity index (χ0n) is 12.8. The largest absolute Gasteiger partial charge is 0.457 e. The standard InChI is InChI=1S/C20H14N2O2/c21-14-16-6-4-5-9-19(16)22-20(23)15-10-12-18(13-11-15)24-17-7-2-1-3-8-17/h1-13H,(H,22,23). The first-order chi connectivity index (χ1) is 11.8. The second kappa shape index (κ2) is 7.12. The number of nitrogens with one attached hydrogen (secondary N) is 1. The number of ether oxygens (including phenoxy) is 1. The van der Waals surface area contributed by atoms with Gasteiger partial charge in [-0.25, -0.2) is 0 Å². The summed E-state index contributed by atoms with van der Waals surface area (Å²) in [4.78, 5) is 12.3. The Hall–Kier alpha value is -3.58. The molecule has 4 heteroatoms. The number of hydrogen-bond donors (Lipinski definition) is 1. The number of amides is 1. The van der Waals surface area contributed by atoms with E-state index in [2.05, 4.69) is 11.4 Å². The van der Waals surface area contributed by atoms with Gasteiger partial charge in [0.25, 0.3) is 5.91 Å². The summed E-state index contributed by atoms with van der Waals surface area (Å²) in [6.07, 6.45) is 0. The lowest BCUT2D eigenvalue weighted by Crippen LogP contribution is -2.12. The van der Waals surface area contributed by atoms with E-state index in [1.54, 1.807) is 48.5 Å². The number of carbonyl (C=O) groups is 1. The molecule has 0 radical (unpaired) electrons. The van der Waals surface area contributed by atoms with Crippen LogP contribution in [0.25, 0.3) is 0 Å². The number of anilines is 1. The molecule has 0 spiro atoms. The maximum absolute atomic E-state index is 12.3. The zero-order chi connectivity index (χ0) is 16.8. The summed E-state index contributed by atoms with van der Waals surface area (Å²) in [6, 6.07) is 25.2. The van der Waals surface area contributed by atoms with Crippen molar-refractivity contribution < 1.29 is 9.53 Å². The van der Waals surface area contributed by atoms with E-state index in [0.717, 1.165) is 5.75 Å². The highest BCUT2D eigenvalue weighted by molar-refractivity contribution is 6.04. The van der Waals surface area contributed by atoms with Gasteiger partial charge in [0.15, 0.2) is 0 Å².